The van der Waals surface area contributed by atoms with Gasteiger partial charge in [-0.1, -0.05) is 42.5 Å². The van der Waals surface area contributed by atoms with Crippen molar-refractivity contribution in [1.82, 2.24) is 5.43 Å². The van der Waals surface area contributed by atoms with E-state index >= 15 is 0 Å². The van der Waals surface area contributed by atoms with Gasteiger partial charge in [0.2, 0.25) is 5.91 Å². The average molecular weight is 375 g/mol. The number of hydrogen-bond donors (Lipinski definition) is 2. The Labute approximate surface area is 163 Å². The molecule has 2 amide bonds. The van der Waals surface area contributed by atoms with Crippen LogP contribution in [0.2, 0.25) is 0 Å². The second kappa shape index (κ2) is 9.32. The number of aryl methyl sites for hydroxylation is 1. The number of hydrazone groups is 1. The summed E-state index contributed by atoms with van der Waals surface area (Å²) in [7, 11) is 0. The van der Waals surface area contributed by atoms with Gasteiger partial charge in [0.25, 0.3) is 5.91 Å². The molecule has 6 nitrogen and oxygen atoms in total. The minimum atomic E-state index is -0.311. The van der Waals surface area contributed by atoms with E-state index in [1.165, 1.54) is 6.26 Å². The zero-order chi connectivity index (χ0) is 19.8. The van der Waals surface area contributed by atoms with Gasteiger partial charge in [0.15, 0.2) is 5.76 Å². The third kappa shape index (κ3) is 5.41. The van der Waals surface area contributed by atoms with Crippen LogP contribution in [0, 0.1) is 0 Å². The van der Waals surface area contributed by atoms with Gasteiger partial charge in [0, 0.05) is 12.1 Å². The fourth-order valence-corrected chi connectivity index (χ4v) is 2.56. The monoisotopic (exact) mass is 375 g/mol. The Morgan fingerprint density at radius 1 is 0.964 bits per heavy atom. The first-order valence-corrected chi connectivity index (χ1v) is 8.94. The predicted molar refractivity (Wildman–Crippen MR) is 108 cm³/mol. The van der Waals surface area contributed by atoms with Crippen LogP contribution in [0.25, 0.3) is 0 Å². The molecule has 0 aliphatic carbocycles. The van der Waals surface area contributed by atoms with Crippen LogP contribution in [-0.2, 0) is 11.2 Å². The zero-order valence-corrected chi connectivity index (χ0v) is 15.5. The van der Waals surface area contributed by atoms with Gasteiger partial charge in [-0.25, -0.2) is 5.43 Å². The first-order valence-electron chi connectivity index (χ1n) is 8.94. The fourth-order valence-electron chi connectivity index (χ4n) is 2.56. The van der Waals surface area contributed by atoms with Crippen LogP contribution in [-0.4, -0.2) is 17.5 Å². The second-order valence-electron chi connectivity index (χ2n) is 6.23. The van der Waals surface area contributed by atoms with Crippen molar-refractivity contribution in [2.24, 2.45) is 5.10 Å². The number of carbonyl (C=O) groups excluding carboxylic acids is 2. The van der Waals surface area contributed by atoms with Crippen LogP contribution < -0.4 is 10.7 Å². The van der Waals surface area contributed by atoms with E-state index in [0.717, 1.165) is 11.1 Å². The molecule has 0 saturated heterocycles. The van der Waals surface area contributed by atoms with E-state index in [9.17, 15) is 9.59 Å². The Bertz CT molecular complexity index is 946. The molecule has 0 saturated carbocycles. The molecule has 28 heavy (non-hydrogen) atoms. The van der Waals surface area contributed by atoms with Crippen molar-refractivity contribution in [2.75, 3.05) is 5.32 Å². The van der Waals surface area contributed by atoms with Gasteiger partial charge in [-0.3, -0.25) is 9.59 Å². The van der Waals surface area contributed by atoms with E-state index in [1.54, 1.807) is 24.3 Å². The lowest BCUT2D eigenvalue weighted by molar-refractivity contribution is -0.121. The molecule has 0 fully saturated rings. The average Bonchev–Trinajstić information content (AvgIpc) is 3.27. The smallest absolute Gasteiger partial charge is 0.291 e. The van der Waals surface area contributed by atoms with E-state index in [4.69, 9.17) is 4.42 Å². The molecule has 2 aromatic carbocycles. The summed E-state index contributed by atoms with van der Waals surface area (Å²) >= 11 is 0. The molecular weight excluding hydrogens is 354 g/mol. The molecule has 0 aliphatic rings. The maximum absolute atomic E-state index is 12.0. The number of furan rings is 1. The summed E-state index contributed by atoms with van der Waals surface area (Å²) < 4.78 is 5.06. The highest BCUT2D eigenvalue weighted by atomic mass is 16.3. The Hall–Kier alpha value is -3.67. The molecule has 6 heteroatoms. The van der Waals surface area contributed by atoms with E-state index in [2.05, 4.69) is 15.8 Å². The quantitative estimate of drug-likeness (QED) is 0.483. The number of hydrogen-bond acceptors (Lipinski definition) is 4. The maximum atomic E-state index is 12.0. The van der Waals surface area contributed by atoms with Crippen molar-refractivity contribution < 1.29 is 14.0 Å². The van der Waals surface area contributed by atoms with Crippen LogP contribution in [0.5, 0.6) is 0 Å². The molecule has 0 bridgehead atoms. The normalized spacial score (nSPS) is 11.1. The van der Waals surface area contributed by atoms with Gasteiger partial charge in [-0.05, 0) is 48.7 Å². The fraction of sp³-hybridized carbons (Fsp3) is 0.136. The van der Waals surface area contributed by atoms with Crippen LogP contribution >= 0.6 is 0 Å². The Kier molecular flexibility index (Phi) is 6.36. The molecule has 0 atom stereocenters. The lowest BCUT2D eigenvalue weighted by atomic mass is 10.1. The third-order valence-corrected chi connectivity index (χ3v) is 4.14. The topological polar surface area (TPSA) is 83.7 Å². The molecule has 0 unspecified atom stereocenters. The van der Waals surface area contributed by atoms with Crippen molar-refractivity contribution in [3.05, 3.63) is 89.9 Å². The molecule has 1 aromatic heterocycles. The minimum Gasteiger partial charge on any atom is -0.459 e. The number of anilines is 1. The molecule has 0 spiro atoms. The summed E-state index contributed by atoms with van der Waals surface area (Å²) in [5.41, 5.74) is 5.87. The number of rotatable bonds is 7. The van der Waals surface area contributed by atoms with E-state index in [-0.39, 0.29) is 17.6 Å². The van der Waals surface area contributed by atoms with E-state index < -0.39 is 0 Å². The Morgan fingerprint density at radius 2 is 1.71 bits per heavy atom. The molecule has 2 N–H and O–H groups in total. The molecular formula is C22H21N3O3. The van der Waals surface area contributed by atoms with Crippen molar-refractivity contribution in [2.45, 2.75) is 19.8 Å². The summed E-state index contributed by atoms with van der Waals surface area (Å²) in [6.45, 7) is 1.81. The summed E-state index contributed by atoms with van der Waals surface area (Å²) in [4.78, 5) is 23.9. The van der Waals surface area contributed by atoms with Crippen LogP contribution in [0.3, 0.4) is 0 Å². The third-order valence-electron chi connectivity index (χ3n) is 4.14. The van der Waals surface area contributed by atoms with Gasteiger partial charge in [0.1, 0.15) is 0 Å². The summed E-state index contributed by atoms with van der Waals surface area (Å²) in [5, 5.41) is 6.90. The van der Waals surface area contributed by atoms with Gasteiger partial charge >= 0.3 is 0 Å². The lowest BCUT2D eigenvalue weighted by Gasteiger charge is -2.06. The molecule has 3 aromatic rings. The molecule has 142 valence electrons. The number of carbonyl (C=O) groups is 2. The Balaban J connectivity index is 1.51. The second-order valence-corrected chi connectivity index (χ2v) is 6.23. The van der Waals surface area contributed by atoms with Gasteiger partial charge in [-0.2, -0.15) is 5.10 Å². The minimum absolute atomic E-state index is 0.134. The van der Waals surface area contributed by atoms with Crippen molar-refractivity contribution in [1.29, 1.82) is 0 Å². The summed E-state index contributed by atoms with van der Waals surface area (Å²) in [6, 6.07) is 20.3. The van der Waals surface area contributed by atoms with Gasteiger partial charge in [0.05, 0.1) is 12.0 Å². The van der Waals surface area contributed by atoms with E-state index in [1.807, 2.05) is 49.4 Å². The van der Waals surface area contributed by atoms with Crippen LogP contribution in [0.15, 0.2) is 82.5 Å². The molecule has 1 heterocycles. The summed E-state index contributed by atoms with van der Waals surface area (Å²) in [5.74, 6) is -0.195. The summed E-state index contributed by atoms with van der Waals surface area (Å²) in [6.07, 6.45) is 2.50. The zero-order valence-electron chi connectivity index (χ0n) is 15.5. The number of nitrogens with zero attached hydrogens (tertiary/aromatic N) is 1. The van der Waals surface area contributed by atoms with Crippen molar-refractivity contribution >= 4 is 23.2 Å². The highest BCUT2D eigenvalue weighted by Gasteiger charge is 2.09. The molecule has 3 rings (SSSR count). The largest absolute Gasteiger partial charge is 0.459 e. The van der Waals surface area contributed by atoms with Crippen LogP contribution in [0.1, 0.15) is 35.0 Å². The standard InChI is InChI=1S/C22H21N3O3/c1-16(24-25-21(26)14-9-17-6-3-2-4-7-17)18-10-12-19(13-11-18)23-22(27)20-8-5-15-28-20/h2-8,10-13,15H,9,14H2,1H3,(H,23,27)(H,25,26). The highest BCUT2D eigenvalue weighted by Crippen LogP contribution is 2.12. The number of nitrogens with one attached hydrogen (secondary N) is 2. The molecule has 0 radical (unpaired) electrons. The Morgan fingerprint density at radius 3 is 2.39 bits per heavy atom. The number of benzene rings is 2. The SMILES string of the molecule is CC(=NNC(=O)CCc1ccccc1)c1ccc(NC(=O)c2ccco2)cc1. The highest BCUT2D eigenvalue weighted by molar-refractivity contribution is 6.03. The van der Waals surface area contributed by atoms with Crippen molar-refractivity contribution in [3.8, 4) is 0 Å². The first-order chi connectivity index (χ1) is 13.6. The molecule has 0 aliphatic heterocycles. The number of amides is 2. The van der Waals surface area contributed by atoms with Crippen LogP contribution in [0.4, 0.5) is 5.69 Å². The predicted octanol–water partition coefficient (Wildman–Crippen LogP) is 4.00. The first kappa shape index (κ1) is 19.1. The van der Waals surface area contributed by atoms with Gasteiger partial charge in [-0.15, -0.1) is 0 Å². The lowest BCUT2D eigenvalue weighted by Crippen LogP contribution is -2.19. The van der Waals surface area contributed by atoms with Crippen molar-refractivity contribution in [3.63, 3.8) is 0 Å². The van der Waals surface area contributed by atoms with Gasteiger partial charge < -0.3 is 9.73 Å². The van der Waals surface area contributed by atoms with E-state index in [0.29, 0.717) is 24.2 Å². The maximum Gasteiger partial charge on any atom is 0.291 e.